The molecule has 1 heterocycles. The minimum absolute atomic E-state index is 0.228. The Bertz CT molecular complexity index is 721. The number of amides is 2. The summed E-state index contributed by atoms with van der Waals surface area (Å²) in [7, 11) is 0. The number of fused-ring (bicyclic) bond motifs is 1. The molecular weight excluding hydrogens is 312 g/mol. The van der Waals surface area contributed by atoms with Gasteiger partial charge in [-0.05, 0) is 17.7 Å². The van der Waals surface area contributed by atoms with Crippen molar-refractivity contribution < 1.29 is 14.7 Å². The van der Waals surface area contributed by atoms with E-state index in [2.05, 4.69) is 5.32 Å². The number of anilines is 1. The summed E-state index contributed by atoms with van der Waals surface area (Å²) in [6.07, 6.45) is -1.19. The third-order valence-corrected chi connectivity index (χ3v) is 4.76. The first-order valence-electron chi connectivity index (χ1n) is 7.22. The zero-order valence-electron chi connectivity index (χ0n) is 12.3. The number of para-hydroxylation sites is 1. The lowest BCUT2D eigenvalue weighted by molar-refractivity contribution is -0.120. The third kappa shape index (κ3) is 3.48. The Morgan fingerprint density at radius 1 is 1.17 bits per heavy atom. The fourth-order valence-electron chi connectivity index (χ4n) is 2.53. The van der Waals surface area contributed by atoms with Crippen LogP contribution in [0, 0.1) is 0 Å². The normalized spacial score (nSPS) is 17.3. The molecule has 2 aromatic carbocycles. The molecule has 23 heavy (non-hydrogen) atoms. The van der Waals surface area contributed by atoms with Crippen LogP contribution in [-0.2, 0) is 11.3 Å². The van der Waals surface area contributed by atoms with Crippen molar-refractivity contribution in [3.05, 3.63) is 60.2 Å². The molecule has 0 bridgehead atoms. The van der Waals surface area contributed by atoms with Gasteiger partial charge in [-0.2, -0.15) is 0 Å². The first-order chi connectivity index (χ1) is 11.1. The summed E-state index contributed by atoms with van der Waals surface area (Å²) in [4.78, 5) is 26.4. The lowest BCUT2D eigenvalue weighted by Gasteiger charge is -2.25. The predicted octanol–water partition coefficient (Wildman–Crippen LogP) is 2.96. The van der Waals surface area contributed by atoms with E-state index in [9.17, 15) is 9.59 Å². The maximum Gasteiger partial charge on any atom is 0.405 e. The van der Waals surface area contributed by atoms with Gasteiger partial charge in [-0.3, -0.25) is 4.79 Å². The van der Waals surface area contributed by atoms with Crippen LogP contribution in [0.15, 0.2) is 59.5 Å². The highest BCUT2D eigenvalue weighted by molar-refractivity contribution is 7.99. The topological polar surface area (TPSA) is 69.6 Å². The molecule has 6 heteroatoms. The van der Waals surface area contributed by atoms with E-state index in [0.717, 1.165) is 16.1 Å². The van der Waals surface area contributed by atoms with Gasteiger partial charge in [-0.15, -0.1) is 11.8 Å². The second-order valence-corrected chi connectivity index (χ2v) is 6.25. The number of nitrogens with zero attached hydrogens (tertiary/aromatic N) is 1. The number of hydrogen-bond donors (Lipinski definition) is 2. The molecule has 1 aliphatic heterocycles. The van der Waals surface area contributed by atoms with Crippen LogP contribution in [0.3, 0.4) is 0 Å². The van der Waals surface area contributed by atoms with Crippen molar-refractivity contribution in [1.82, 2.24) is 5.32 Å². The van der Waals surface area contributed by atoms with Crippen LogP contribution in [0.2, 0.25) is 0 Å². The Morgan fingerprint density at radius 3 is 2.61 bits per heavy atom. The summed E-state index contributed by atoms with van der Waals surface area (Å²) < 4.78 is 0. The molecule has 3 rings (SSSR count). The predicted molar refractivity (Wildman–Crippen MR) is 89.7 cm³/mol. The van der Waals surface area contributed by atoms with Crippen molar-refractivity contribution in [2.45, 2.75) is 17.5 Å². The summed E-state index contributed by atoms with van der Waals surface area (Å²) in [6.45, 7) is 0.412. The van der Waals surface area contributed by atoms with E-state index in [1.807, 2.05) is 54.6 Å². The van der Waals surface area contributed by atoms with E-state index >= 15 is 0 Å². The molecule has 5 nitrogen and oxygen atoms in total. The van der Waals surface area contributed by atoms with Crippen LogP contribution in [0.1, 0.15) is 5.56 Å². The Hall–Kier alpha value is -2.47. The van der Waals surface area contributed by atoms with Gasteiger partial charge in [-0.1, -0.05) is 42.5 Å². The minimum Gasteiger partial charge on any atom is -0.465 e. The van der Waals surface area contributed by atoms with Crippen molar-refractivity contribution in [3.8, 4) is 0 Å². The highest BCUT2D eigenvalue weighted by Crippen LogP contribution is 2.35. The highest BCUT2D eigenvalue weighted by Gasteiger charge is 2.31. The van der Waals surface area contributed by atoms with Gasteiger partial charge in [0.1, 0.15) is 6.04 Å². The minimum atomic E-state index is -1.19. The number of carboxylic acid groups (broad SMARTS) is 1. The SMILES string of the molecule is O=C(O)NC1CSc2ccccc2N(Cc2ccccc2)C1=O. The van der Waals surface area contributed by atoms with Crippen LogP contribution in [0.4, 0.5) is 10.5 Å². The molecule has 1 aliphatic rings. The van der Waals surface area contributed by atoms with Gasteiger partial charge < -0.3 is 15.3 Å². The van der Waals surface area contributed by atoms with Crippen molar-refractivity contribution in [2.75, 3.05) is 10.7 Å². The first kappa shape index (κ1) is 15.4. The fraction of sp³-hybridized carbons (Fsp3) is 0.176. The molecule has 2 aromatic rings. The van der Waals surface area contributed by atoms with Gasteiger partial charge in [0.25, 0.3) is 5.91 Å². The van der Waals surface area contributed by atoms with Crippen LogP contribution in [-0.4, -0.2) is 28.9 Å². The van der Waals surface area contributed by atoms with E-state index in [1.54, 1.807) is 4.90 Å². The van der Waals surface area contributed by atoms with E-state index in [1.165, 1.54) is 11.8 Å². The number of rotatable bonds is 3. The molecule has 118 valence electrons. The van der Waals surface area contributed by atoms with Gasteiger partial charge >= 0.3 is 6.09 Å². The van der Waals surface area contributed by atoms with Crippen molar-refractivity contribution in [2.24, 2.45) is 0 Å². The molecule has 2 N–H and O–H groups in total. The number of carbonyl (C=O) groups is 2. The molecular formula is C17H16N2O3S. The highest BCUT2D eigenvalue weighted by atomic mass is 32.2. The number of thioether (sulfide) groups is 1. The van der Waals surface area contributed by atoms with Gasteiger partial charge in [-0.25, -0.2) is 4.79 Å². The summed E-state index contributed by atoms with van der Waals surface area (Å²) in [6, 6.07) is 16.6. The van der Waals surface area contributed by atoms with Gasteiger partial charge in [0, 0.05) is 10.6 Å². The monoisotopic (exact) mass is 328 g/mol. The molecule has 0 aromatic heterocycles. The number of benzene rings is 2. The summed E-state index contributed by atoms with van der Waals surface area (Å²) in [5.74, 6) is 0.154. The third-order valence-electron chi connectivity index (χ3n) is 3.61. The van der Waals surface area contributed by atoms with Crippen molar-refractivity contribution in [3.63, 3.8) is 0 Å². The van der Waals surface area contributed by atoms with Gasteiger partial charge in [0.2, 0.25) is 0 Å². The quantitative estimate of drug-likeness (QED) is 0.909. The second kappa shape index (κ2) is 6.75. The van der Waals surface area contributed by atoms with Gasteiger partial charge in [0.15, 0.2) is 0 Å². The summed E-state index contributed by atoms with van der Waals surface area (Å²) in [5.41, 5.74) is 1.82. The molecule has 0 saturated carbocycles. The van der Waals surface area contributed by atoms with Crippen molar-refractivity contribution >= 4 is 29.4 Å². The van der Waals surface area contributed by atoms with Crippen LogP contribution >= 0.6 is 11.8 Å². The van der Waals surface area contributed by atoms with E-state index in [-0.39, 0.29) is 5.91 Å². The molecule has 1 unspecified atom stereocenters. The number of hydrogen-bond acceptors (Lipinski definition) is 3. The molecule has 1 atom stereocenters. The average molecular weight is 328 g/mol. The summed E-state index contributed by atoms with van der Waals surface area (Å²) in [5, 5.41) is 11.3. The standard InChI is InChI=1S/C17H16N2O3S/c20-16-13(18-17(21)22)11-23-15-9-5-4-8-14(15)19(16)10-12-6-2-1-3-7-12/h1-9,13,18H,10-11H2,(H,21,22). The number of nitrogens with one attached hydrogen (secondary N) is 1. The zero-order valence-corrected chi connectivity index (χ0v) is 13.1. The molecule has 0 spiro atoms. The second-order valence-electron chi connectivity index (χ2n) is 5.19. The molecule has 0 radical (unpaired) electrons. The van der Waals surface area contributed by atoms with E-state index < -0.39 is 12.1 Å². The zero-order chi connectivity index (χ0) is 16.2. The molecule has 0 aliphatic carbocycles. The molecule has 2 amide bonds. The Kier molecular flexibility index (Phi) is 4.52. The largest absolute Gasteiger partial charge is 0.465 e. The Morgan fingerprint density at radius 2 is 1.87 bits per heavy atom. The van der Waals surface area contributed by atoms with Crippen LogP contribution in [0.25, 0.3) is 0 Å². The lowest BCUT2D eigenvalue weighted by Crippen LogP contribution is -2.48. The first-order valence-corrected chi connectivity index (χ1v) is 8.20. The maximum absolute atomic E-state index is 12.8. The molecule has 0 saturated heterocycles. The fourth-order valence-corrected chi connectivity index (χ4v) is 3.61. The van der Waals surface area contributed by atoms with E-state index in [4.69, 9.17) is 5.11 Å². The molecule has 0 fully saturated rings. The Balaban J connectivity index is 1.96. The smallest absolute Gasteiger partial charge is 0.405 e. The van der Waals surface area contributed by atoms with E-state index in [0.29, 0.717) is 12.3 Å². The summed E-state index contributed by atoms with van der Waals surface area (Å²) >= 11 is 1.49. The maximum atomic E-state index is 12.8. The number of carbonyl (C=O) groups excluding carboxylic acids is 1. The van der Waals surface area contributed by atoms with Gasteiger partial charge in [0.05, 0.1) is 12.2 Å². The van der Waals surface area contributed by atoms with Crippen LogP contribution < -0.4 is 10.2 Å². The lowest BCUT2D eigenvalue weighted by atomic mass is 10.1. The van der Waals surface area contributed by atoms with Crippen molar-refractivity contribution in [1.29, 1.82) is 0 Å². The average Bonchev–Trinajstić information content (AvgIpc) is 2.68. The van der Waals surface area contributed by atoms with Crippen LogP contribution in [0.5, 0.6) is 0 Å². The Labute approximate surface area is 138 Å².